The van der Waals surface area contributed by atoms with Crippen LogP contribution >= 0.6 is 0 Å². The van der Waals surface area contributed by atoms with E-state index in [1.807, 2.05) is 0 Å². The number of hydrogen-bond donors (Lipinski definition) is 3. The van der Waals surface area contributed by atoms with Gasteiger partial charge < -0.3 is 15.5 Å². The first-order chi connectivity index (χ1) is 9.34. The Morgan fingerprint density at radius 3 is 2.30 bits per heavy atom. The van der Waals surface area contributed by atoms with E-state index in [1.54, 1.807) is 32.9 Å². The molecular weight excluding hydrogens is 258 g/mol. The third-order valence-electron chi connectivity index (χ3n) is 3.80. The van der Waals surface area contributed by atoms with Gasteiger partial charge in [0.15, 0.2) is 0 Å². The number of anilines is 1. The first kappa shape index (κ1) is 16.0. The SMILES string of the molecule is CCC(CC)(CC(=O)Nc1ccc(C)c(O)c1)C(=O)O. The molecule has 0 radical (unpaired) electrons. The van der Waals surface area contributed by atoms with Crippen LogP contribution in [0.25, 0.3) is 0 Å². The normalized spacial score (nSPS) is 11.2. The molecule has 20 heavy (non-hydrogen) atoms. The smallest absolute Gasteiger partial charge is 0.310 e. The van der Waals surface area contributed by atoms with Crippen LogP contribution in [0, 0.1) is 12.3 Å². The van der Waals surface area contributed by atoms with Crippen LogP contribution in [-0.2, 0) is 9.59 Å². The van der Waals surface area contributed by atoms with Gasteiger partial charge in [-0.05, 0) is 31.4 Å². The van der Waals surface area contributed by atoms with E-state index in [2.05, 4.69) is 5.32 Å². The summed E-state index contributed by atoms with van der Waals surface area (Å²) in [5, 5.41) is 21.5. The van der Waals surface area contributed by atoms with Gasteiger partial charge in [-0.25, -0.2) is 0 Å². The molecule has 3 N–H and O–H groups in total. The van der Waals surface area contributed by atoms with Crippen LogP contribution in [0.3, 0.4) is 0 Å². The summed E-state index contributed by atoms with van der Waals surface area (Å²) < 4.78 is 0. The lowest BCUT2D eigenvalue weighted by Crippen LogP contribution is -2.34. The molecule has 1 amide bonds. The Morgan fingerprint density at radius 1 is 1.25 bits per heavy atom. The van der Waals surface area contributed by atoms with Crippen molar-refractivity contribution in [1.29, 1.82) is 0 Å². The molecule has 0 aliphatic heterocycles. The van der Waals surface area contributed by atoms with Gasteiger partial charge in [-0.3, -0.25) is 9.59 Å². The highest BCUT2D eigenvalue weighted by atomic mass is 16.4. The van der Waals surface area contributed by atoms with Crippen LogP contribution in [0.5, 0.6) is 5.75 Å². The van der Waals surface area contributed by atoms with Gasteiger partial charge in [-0.2, -0.15) is 0 Å². The summed E-state index contributed by atoms with van der Waals surface area (Å²) in [7, 11) is 0. The van der Waals surface area contributed by atoms with E-state index in [-0.39, 0.29) is 18.1 Å². The fraction of sp³-hybridized carbons (Fsp3) is 0.467. The predicted molar refractivity (Wildman–Crippen MR) is 76.7 cm³/mol. The molecule has 0 spiro atoms. The molecule has 1 aromatic carbocycles. The number of carbonyl (C=O) groups excluding carboxylic acids is 1. The fourth-order valence-electron chi connectivity index (χ4n) is 2.08. The van der Waals surface area contributed by atoms with E-state index in [0.29, 0.717) is 24.1 Å². The highest BCUT2D eigenvalue weighted by Crippen LogP contribution is 2.31. The van der Waals surface area contributed by atoms with Crippen LogP contribution in [0.15, 0.2) is 18.2 Å². The second kappa shape index (κ2) is 6.41. The van der Waals surface area contributed by atoms with Crippen LogP contribution in [0.4, 0.5) is 5.69 Å². The third-order valence-corrected chi connectivity index (χ3v) is 3.80. The Bertz CT molecular complexity index is 507. The van der Waals surface area contributed by atoms with Crippen molar-refractivity contribution in [2.75, 3.05) is 5.32 Å². The van der Waals surface area contributed by atoms with Gasteiger partial charge in [0.25, 0.3) is 0 Å². The van der Waals surface area contributed by atoms with Crippen molar-refractivity contribution in [3.8, 4) is 5.75 Å². The van der Waals surface area contributed by atoms with Crippen LogP contribution in [0.2, 0.25) is 0 Å². The maximum absolute atomic E-state index is 12.0. The minimum atomic E-state index is -1.03. The van der Waals surface area contributed by atoms with Gasteiger partial charge in [0.1, 0.15) is 5.75 Å². The van der Waals surface area contributed by atoms with E-state index in [9.17, 15) is 19.8 Å². The molecule has 0 aliphatic rings. The number of hydrogen-bond acceptors (Lipinski definition) is 3. The Hall–Kier alpha value is -2.04. The minimum Gasteiger partial charge on any atom is -0.508 e. The first-order valence-electron chi connectivity index (χ1n) is 6.67. The van der Waals surface area contributed by atoms with Crippen LogP contribution < -0.4 is 5.32 Å². The number of phenols is 1. The zero-order valence-electron chi connectivity index (χ0n) is 12.1. The standard InChI is InChI=1S/C15H21NO4/c1-4-15(5-2,14(19)20)9-13(18)16-11-7-6-10(3)12(17)8-11/h6-8,17H,4-5,9H2,1-3H3,(H,16,18)(H,19,20). The number of amides is 1. The molecule has 1 rings (SSSR count). The maximum atomic E-state index is 12.0. The number of phenolic OH excluding ortho intramolecular Hbond substituents is 1. The Kier molecular flexibility index (Phi) is 5.13. The van der Waals surface area contributed by atoms with Crippen LogP contribution in [-0.4, -0.2) is 22.1 Å². The van der Waals surface area contributed by atoms with Gasteiger partial charge in [0.2, 0.25) is 5.91 Å². The number of aromatic hydroxyl groups is 1. The highest BCUT2D eigenvalue weighted by molar-refractivity contribution is 5.94. The van der Waals surface area contributed by atoms with Gasteiger partial charge >= 0.3 is 5.97 Å². The Labute approximate surface area is 118 Å². The second-order valence-electron chi connectivity index (χ2n) is 5.02. The number of carboxylic acid groups (broad SMARTS) is 1. The number of aliphatic carboxylic acids is 1. The van der Waals surface area contributed by atoms with Crippen molar-refractivity contribution in [2.24, 2.45) is 5.41 Å². The summed E-state index contributed by atoms with van der Waals surface area (Å²) >= 11 is 0. The lowest BCUT2D eigenvalue weighted by molar-refractivity contribution is -0.151. The Morgan fingerprint density at radius 2 is 1.85 bits per heavy atom. The summed E-state index contributed by atoms with van der Waals surface area (Å²) in [5.41, 5.74) is 0.145. The van der Waals surface area contributed by atoms with E-state index in [1.165, 1.54) is 6.07 Å². The van der Waals surface area contributed by atoms with Gasteiger partial charge in [0, 0.05) is 18.2 Å². The summed E-state index contributed by atoms with van der Waals surface area (Å²) in [6.07, 6.45) is 0.709. The molecule has 0 bridgehead atoms. The van der Waals surface area contributed by atoms with E-state index in [0.717, 1.165) is 0 Å². The number of nitrogens with one attached hydrogen (secondary N) is 1. The number of aryl methyl sites for hydroxylation is 1. The average Bonchev–Trinajstić information content (AvgIpc) is 2.40. The molecule has 0 heterocycles. The van der Waals surface area contributed by atoms with Crippen molar-refractivity contribution in [1.82, 2.24) is 0 Å². The van der Waals surface area contributed by atoms with Gasteiger partial charge in [0.05, 0.1) is 5.41 Å². The van der Waals surface area contributed by atoms with Gasteiger partial charge in [-0.1, -0.05) is 19.9 Å². The Balaban J connectivity index is 2.80. The molecule has 0 aliphatic carbocycles. The summed E-state index contributed by atoms with van der Waals surface area (Å²) in [6, 6.07) is 4.82. The number of benzene rings is 1. The second-order valence-corrected chi connectivity index (χ2v) is 5.02. The fourth-order valence-corrected chi connectivity index (χ4v) is 2.08. The first-order valence-corrected chi connectivity index (χ1v) is 6.67. The van der Waals surface area contributed by atoms with Crippen molar-refractivity contribution >= 4 is 17.6 Å². The molecule has 5 heteroatoms. The van der Waals surface area contributed by atoms with E-state index in [4.69, 9.17) is 0 Å². The quantitative estimate of drug-likeness (QED) is 0.747. The predicted octanol–water partition coefficient (Wildman–Crippen LogP) is 2.92. The molecular formula is C15H21NO4. The molecule has 1 aromatic rings. The largest absolute Gasteiger partial charge is 0.508 e. The molecule has 0 unspecified atom stereocenters. The zero-order chi connectivity index (χ0) is 15.3. The molecule has 0 saturated heterocycles. The monoisotopic (exact) mass is 279 g/mol. The molecule has 0 fully saturated rings. The van der Waals surface area contributed by atoms with Crippen LogP contribution in [0.1, 0.15) is 38.7 Å². The summed E-state index contributed by atoms with van der Waals surface area (Å²) in [4.78, 5) is 23.3. The molecule has 0 aromatic heterocycles. The summed E-state index contributed by atoms with van der Waals surface area (Å²) in [6.45, 7) is 5.29. The highest BCUT2D eigenvalue weighted by Gasteiger charge is 2.37. The van der Waals surface area contributed by atoms with E-state index >= 15 is 0 Å². The molecule has 0 atom stereocenters. The van der Waals surface area contributed by atoms with Gasteiger partial charge in [-0.15, -0.1) is 0 Å². The van der Waals surface area contributed by atoms with Crippen molar-refractivity contribution in [3.05, 3.63) is 23.8 Å². The lowest BCUT2D eigenvalue weighted by atomic mass is 9.79. The zero-order valence-corrected chi connectivity index (χ0v) is 12.1. The number of carbonyl (C=O) groups is 2. The number of rotatable bonds is 6. The molecule has 0 saturated carbocycles. The average molecular weight is 279 g/mol. The third kappa shape index (κ3) is 3.50. The molecule has 110 valence electrons. The summed E-state index contributed by atoms with van der Waals surface area (Å²) in [5.74, 6) is -1.22. The lowest BCUT2D eigenvalue weighted by Gasteiger charge is -2.25. The maximum Gasteiger partial charge on any atom is 0.310 e. The van der Waals surface area contributed by atoms with Crippen molar-refractivity contribution in [3.63, 3.8) is 0 Å². The van der Waals surface area contributed by atoms with E-state index < -0.39 is 11.4 Å². The molecule has 5 nitrogen and oxygen atoms in total. The number of carboxylic acids is 1. The van der Waals surface area contributed by atoms with Crippen molar-refractivity contribution in [2.45, 2.75) is 40.0 Å². The van der Waals surface area contributed by atoms with Crippen molar-refractivity contribution < 1.29 is 19.8 Å². The topological polar surface area (TPSA) is 86.6 Å². The minimum absolute atomic E-state index is 0.0794.